The molecule has 0 aromatic heterocycles. The molecule has 0 spiro atoms. The van der Waals surface area contributed by atoms with Gasteiger partial charge in [0.1, 0.15) is 0 Å². The maximum absolute atomic E-state index is 3.64. The van der Waals surface area contributed by atoms with Gasteiger partial charge in [-0.2, -0.15) is 0 Å². The van der Waals surface area contributed by atoms with Gasteiger partial charge in [0.25, 0.3) is 0 Å². The minimum absolute atomic E-state index is 0.376. The summed E-state index contributed by atoms with van der Waals surface area (Å²) in [7, 11) is 0. The molecule has 0 saturated carbocycles. The van der Waals surface area contributed by atoms with Crippen LogP contribution >= 0.6 is 31.9 Å². The van der Waals surface area contributed by atoms with Crippen LogP contribution in [0.3, 0.4) is 0 Å². The second kappa shape index (κ2) is 7.92. The molecule has 1 fully saturated rings. The van der Waals surface area contributed by atoms with E-state index in [-0.39, 0.29) is 0 Å². The molecule has 0 aliphatic carbocycles. The van der Waals surface area contributed by atoms with E-state index in [0.717, 1.165) is 23.5 Å². The van der Waals surface area contributed by atoms with Crippen molar-refractivity contribution in [2.24, 2.45) is 5.92 Å². The number of halogens is 2. The summed E-state index contributed by atoms with van der Waals surface area (Å²) in [5.74, 6) is 0.914. The minimum atomic E-state index is 0.376. The fourth-order valence-corrected chi connectivity index (χ4v) is 4.08. The second-order valence-electron chi connectivity index (χ2n) is 5.87. The van der Waals surface area contributed by atoms with Crippen LogP contribution in [0.5, 0.6) is 0 Å². The first kappa shape index (κ1) is 16.5. The zero-order valence-electron chi connectivity index (χ0n) is 12.3. The van der Waals surface area contributed by atoms with Gasteiger partial charge in [-0.05, 0) is 56.5 Å². The summed E-state index contributed by atoms with van der Waals surface area (Å²) in [6.07, 6.45) is 2.71. The maximum Gasteiger partial charge on any atom is 0.0303 e. The van der Waals surface area contributed by atoms with Crippen LogP contribution in [0.1, 0.15) is 38.3 Å². The largest absolute Gasteiger partial charge is 0.309 e. The van der Waals surface area contributed by atoms with Gasteiger partial charge < -0.3 is 10.2 Å². The third-order valence-electron chi connectivity index (χ3n) is 4.18. The maximum atomic E-state index is 3.64. The van der Waals surface area contributed by atoms with Gasteiger partial charge in [-0.3, -0.25) is 0 Å². The Bertz CT molecular complexity index is 428. The van der Waals surface area contributed by atoms with Crippen molar-refractivity contribution in [1.29, 1.82) is 0 Å². The van der Waals surface area contributed by atoms with Crippen LogP contribution < -0.4 is 5.32 Å². The highest BCUT2D eigenvalue weighted by molar-refractivity contribution is 9.11. The van der Waals surface area contributed by atoms with Gasteiger partial charge in [0.05, 0.1) is 0 Å². The lowest BCUT2D eigenvalue weighted by atomic mass is 9.99. The molecule has 1 aliphatic rings. The number of benzene rings is 1. The number of likely N-dealkylation sites (tertiary alicyclic amines) is 1. The second-order valence-corrected chi connectivity index (χ2v) is 7.64. The molecule has 4 heteroatoms. The van der Waals surface area contributed by atoms with Crippen molar-refractivity contribution in [3.63, 3.8) is 0 Å². The molecule has 0 amide bonds. The predicted molar refractivity (Wildman–Crippen MR) is 93.1 cm³/mol. The Morgan fingerprint density at radius 1 is 1.30 bits per heavy atom. The SMILES string of the molecule is CC1CCN(CCNC(C)c2ccc(Br)cc2Br)CC1. The molecule has 1 heterocycles. The summed E-state index contributed by atoms with van der Waals surface area (Å²) >= 11 is 7.14. The van der Waals surface area contributed by atoms with Crippen molar-refractivity contribution in [3.8, 4) is 0 Å². The predicted octanol–water partition coefficient (Wildman–Crippen LogP) is 4.59. The average molecular weight is 404 g/mol. The molecule has 1 saturated heterocycles. The Morgan fingerprint density at radius 2 is 2.00 bits per heavy atom. The number of piperidine rings is 1. The quantitative estimate of drug-likeness (QED) is 0.772. The van der Waals surface area contributed by atoms with Crippen molar-refractivity contribution in [3.05, 3.63) is 32.7 Å². The summed E-state index contributed by atoms with van der Waals surface area (Å²) in [6.45, 7) is 9.33. The highest BCUT2D eigenvalue weighted by Gasteiger charge is 2.15. The van der Waals surface area contributed by atoms with Crippen LogP contribution in [-0.4, -0.2) is 31.1 Å². The number of rotatable bonds is 5. The summed E-state index contributed by atoms with van der Waals surface area (Å²) in [5, 5.41) is 3.63. The van der Waals surface area contributed by atoms with Crippen molar-refractivity contribution in [2.45, 2.75) is 32.7 Å². The molecule has 1 unspecified atom stereocenters. The molecule has 20 heavy (non-hydrogen) atoms. The fraction of sp³-hybridized carbons (Fsp3) is 0.625. The van der Waals surface area contributed by atoms with Gasteiger partial charge in [0.2, 0.25) is 0 Å². The zero-order chi connectivity index (χ0) is 14.5. The van der Waals surface area contributed by atoms with Crippen LogP contribution in [0.25, 0.3) is 0 Å². The van der Waals surface area contributed by atoms with E-state index in [2.05, 4.69) is 74.1 Å². The van der Waals surface area contributed by atoms with Gasteiger partial charge in [0.15, 0.2) is 0 Å². The first-order chi connectivity index (χ1) is 9.56. The number of hydrogen-bond donors (Lipinski definition) is 1. The Morgan fingerprint density at radius 3 is 2.65 bits per heavy atom. The number of nitrogens with one attached hydrogen (secondary N) is 1. The third kappa shape index (κ3) is 4.83. The van der Waals surface area contributed by atoms with E-state index in [0.29, 0.717) is 6.04 Å². The van der Waals surface area contributed by atoms with Crippen LogP contribution in [0, 0.1) is 5.92 Å². The van der Waals surface area contributed by atoms with Crippen molar-refractivity contribution >= 4 is 31.9 Å². The highest BCUT2D eigenvalue weighted by atomic mass is 79.9. The minimum Gasteiger partial charge on any atom is -0.309 e. The smallest absolute Gasteiger partial charge is 0.0303 e. The van der Waals surface area contributed by atoms with Crippen molar-refractivity contribution in [1.82, 2.24) is 10.2 Å². The molecular formula is C16H24Br2N2. The molecule has 2 rings (SSSR count). The number of hydrogen-bond acceptors (Lipinski definition) is 2. The lowest BCUT2D eigenvalue weighted by Gasteiger charge is -2.30. The van der Waals surface area contributed by atoms with Gasteiger partial charge in [-0.1, -0.05) is 44.8 Å². The van der Waals surface area contributed by atoms with E-state index in [1.54, 1.807) is 0 Å². The van der Waals surface area contributed by atoms with Gasteiger partial charge in [0, 0.05) is 28.1 Å². The molecule has 0 bridgehead atoms. The molecule has 0 radical (unpaired) electrons. The van der Waals surface area contributed by atoms with Gasteiger partial charge in [-0.25, -0.2) is 0 Å². The molecule has 1 N–H and O–H groups in total. The average Bonchev–Trinajstić information content (AvgIpc) is 2.41. The molecule has 1 aliphatic heterocycles. The van der Waals surface area contributed by atoms with E-state index in [9.17, 15) is 0 Å². The molecule has 112 valence electrons. The van der Waals surface area contributed by atoms with Crippen LogP contribution in [-0.2, 0) is 0 Å². The van der Waals surface area contributed by atoms with E-state index < -0.39 is 0 Å². The van der Waals surface area contributed by atoms with Crippen LogP contribution in [0.2, 0.25) is 0 Å². The Hall–Kier alpha value is 0.1000. The molecule has 1 aromatic rings. The number of nitrogens with zero attached hydrogens (tertiary/aromatic N) is 1. The summed E-state index contributed by atoms with van der Waals surface area (Å²) < 4.78 is 2.28. The highest BCUT2D eigenvalue weighted by Crippen LogP contribution is 2.26. The van der Waals surface area contributed by atoms with Crippen molar-refractivity contribution < 1.29 is 0 Å². The summed E-state index contributed by atoms with van der Waals surface area (Å²) in [5.41, 5.74) is 1.32. The van der Waals surface area contributed by atoms with E-state index in [4.69, 9.17) is 0 Å². The monoisotopic (exact) mass is 402 g/mol. The summed E-state index contributed by atoms with van der Waals surface area (Å²) in [4.78, 5) is 2.58. The van der Waals surface area contributed by atoms with Crippen molar-refractivity contribution in [2.75, 3.05) is 26.2 Å². The molecular weight excluding hydrogens is 380 g/mol. The van der Waals surface area contributed by atoms with Gasteiger partial charge >= 0.3 is 0 Å². The molecule has 2 nitrogen and oxygen atoms in total. The first-order valence-corrected chi connectivity index (χ1v) is 9.05. The third-order valence-corrected chi connectivity index (χ3v) is 5.36. The standard InChI is InChI=1S/C16H24Br2N2/c1-12-5-8-20(9-6-12)10-7-19-13(2)15-4-3-14(17)11-16(15)18/h3-4,11-13,19H,5-10H2,1-2H3. The lowest BCUT2D eigenvalue weighted by molar-refractivity contribution is 0.191. The fourth-order valence-electron chi connectivity index (χ4n) is 2.69. The van der Waals surface area contributed by atoms with Crippen LogP contribution in [0.4, 0.5) is 0 Å². The van der Waals surface area contributed by atoms with E-state index in [1.165, 1.54) is 36.0 Å². The normalized spacial score (nSPS) is 19.2. The topological polar surface area (TPSA) is 15.3 Å². The van der Waals surface area contributed by atoms with E-state index in [1.807, 2.05) is 0 Å². The Balaban J connectivity index is 1.76. The summed E-state index contributed by atoms with van der Waals surface area (Å²) in [6, 6.07) is 6.76. The Kier molecular flexibility index (Phi) is 6.53. The first-order valence-electron chi connectivity index (χ1n) is 7.47. The van der Waals surface area contributed by atoms with Gasteiger partial charge in [-0.15, -0.1) is 0 Å². The zero-order valence-corrected chi connectivity index (χ0v) is 15.5. The molecule has 1 aromatic carbocycles. The lowest BCUT2D eigenvalue weighted by Crippen LogP contribution is -2.38. The van der Waals surface area contributed by atoms with E-state index >= 15 is 0 Å². The molecule has 1 atom stereocenters. The Labute approximate surface area is 139 Å². The van der Waals surface area contributed by atoms with Crippen LogP contribution in [0.15, 0.2) is 27.1 Å².